The lowest BCUT2D eigenvalue weighted by atomic mass is 10.0. The lowest BCUT2D eigenvalue weighted by Crippen LogP contribution is -2.19. The van der Waals surface area contributed by atoms with Crippen molar-refractivity contribution in [3.05, 3.63) is 29.8 Å². The van der Waals surface area contributed by atoms with Gasteiger partial charge in [-0.15, -0.1) is 0 Å². The number of nitrogens with zero attached hydrogens (tertiary/aromatic N) is 1. The molecule has 0 amide bonds. The maximum absolute atomic E-state index is 9.06. The van der Waals surface area contributed by atoms with Gasteiger partial charge in [-0.3, -0.25) is 0 Å². The van der Waals surface area contributed by atoms with Crippen molar-refractivity contribution >= 4 is 5.69 Å². The van der Waals surface area contributed by atoms with Gasteiger partial charge in [-0.25, -0.2) is 0 Å². The molecule has 1 fully saturated rings. The Kier molecular flexibility index (Phi) is 4.03. The first-order valence-electron chi connectivity index (χ1n) is 6.55. The van der Waals surface area contributed by atoms with Crippen molar-refractivity contribution in [1.82, 2.24) is 0 Å². The van der Waals surface area contributed by atoms with E-state index in [-0.39, 0.29) is 0 Å². The van der Waals surface area contributed by atoms with Gasteiger partial charge in [0.1, 0.15) is 6.07 Å². The maximum atomic E-state index is 9.06. The van der Waals surface area contributed by atoms with Gasteiger partial charge in [0, 0.05) is 6.04 Å². The molecule has 1 N–H and O–H groups in total. The molecule has 1 aliphatic rings. The van der Waals surface area contributed by atoms with E-state index in [1.165, 1.54) is 32.1 Å². The Morgan fingerprint density at radius 2 is 2.00 bits per heavy atom. The smallest absolute Gasteiger partial charge is 0.101 e. The molecule has 1 aliphatic carbocycles. The number of rotatable bonds is 2. The Morgan fingerprint density at radius 1 is 1.18 bits per heavy atom. The highest BCUT2D eigenvalue weighted by atomic mass is 14.9. The van der Waals surface area contributed by atoms with Gasteiger partial charge in [0.2, 0.25) is 0 Å². The van der Waals surface area contributed by atoms with Gasteiger partial charge in [-0.1, -0.05) is 31.9 Å². The highest BCUT2D eigenvalue weighted by Gasteiger charge is 2.16. The van der Waals surface area contributed by atoms with Crippen molar-refractivity contribution in [2.45, 2.75) is 45.1 Å². The van der Waals surface area contributed by atoms with Gasteiger partial charge >= 0.3 is 0 Å². The summed E-state index contributed by atoms with van der Waals surface area (Å²) < 4.78 is 0. The fourth-order valence-electron chi connectivity index (χ4n) is 2.56. The molecular formula is C15H20N2. The van der Waals surface area contributed by atoms with Crippen LogP contribution in [0.4, 0.5) is 5.69 Å². The maximum Gasteiger partial charge on any atom is 0.101 e. The Balaban J connectivity index is 2.03. The molecule has 0 heterocycles. The summed E-state index contributed by atoms with van der Waals surface area (Å²) in [5, 5.41) is 12.6. The second-order valence-electron chi connectivity index (χ2n) is 5.11. The molecule has 2 nitrogen and oxygen atoms in total. The van der Waals surface area contributed by atoms with Gasteiger partial charge in [-0.05, 0) is 37.3 Å². The molecule has 2 unspecified atom stereocenters. The number of nitrogens with one attached hydrogen (secondary N) is 1. The molecule has 0 bridgehead atoms. The molecule has 0 aliphatic heterocycles. The van der Waals surface area contributed by atoms with Crippen LogP contribution in [-0.2, 0) is 0 Å². The first kappa shape index (κ1) is 12.0. The number of nitriles is 1. The molecule has 90 valence electrons. The predicted molar refractivity (Wildman–Crippen MR) is 70.8 cm³/mol. The molecule has 0 saturated heterocycles. The fourth-order valence-corrected chi connectivity index (χ4v) is 2.56. The average molecular weight is 228 g/mol. The molecule has 2 rings (SSSR count). The first-order chi connectivity index (χ1) is 8.29. The van der Waals surface area contributed by atoms with E-state index in [1.54, 1.807) is 0 Å². The summed E-state index contributed by atoms with van der Waals surface area (Å²) in [5.74, 6) is 0.855. The molecule has 17 heavy (non-hydrogen) atoms. The zero-order valence-electron chi connectivity index (χ0n) is 10.4. The van der Waals surface area contributed by atoms with E-state index < -0.39 is 0 Å². The summed E-state index contributed by atoms with van der Waals surface area (Å²) in [6, 6.07) is 10.6. The van der Waals surface area contributed by atoms with Crippen LogP contribution in [0, 0.1) is 17.2 Å². The largest absolute Gasteiger partial charge is 0.381 e. The summed E-state index contributed by atoms with van der Waals surface area (Å²) in [6.07, 6.45) is 6.39. The summed E-state index contributed by atoms with van der Waals surface area (Å²) in [6.45, 7) is 2.34. The van der Waals surface area contributed by atoms with Crippen LogP contribution in [0.3, 0.4) is 0 Å². The second kappa shape index (κ2) is 5.72. The Morgan fingerprint density at radius 3 is 2.82 bits per heavy atom. The van der Waals surface area contributed by atoms with E-state index in [2.05, 4.69) is 18.3 Å². The van der Waals surface area contributed by atoms with E-state index in [0.717, 1.165) is 17.2 Å². The van der Waals surface area contributed by atoms with Crippen molar-refractivity contribution in [3.8, 4) is 6.07 Å². The average Bonchev–Trinajstić information content (AvgIpc) is 2.55. The monoisotopic (exact) mass is 228 g/mol. The van der Waals surface area contributed by atoms with Gasteiger partial charge in [-0.2, -0.15) is 5.26 Å². The normalized spacial score (nSPS) is 24.7. The number of para-hydroxylation sites is 1. The Bertz CT molecular complexity index is 406. The lowest BCUT2D eigenvalue weighted by molar-refractivity contribution is 0.502. The van der Waals surface area contributed by atoms with E-state index >= 15 is 0 Å². The van der Waals surface area contributed by atoms with E-state index in [0.29, 0.717) is 6.04 Å². The van der Waals surface area contributed by atoms with E-state index in [4.69, 9.17) is 5.26 Å². The van der Waals surface area contributed by atoms with Crippen molar-refractivity contribution < 1.29 is 0 Å². The van der Waals surface area contributed by atoms with Crippen LogP contribution >= 0.6 is 0 Å². The molecular weight excluding hydrogens is 208 g/mol. The number of hydrogen-bond donors (Lipinski definition) is 1. The molecule has 0 radical (unpaired) electrons. The number of anilines is 1. The summed E-state index contributed by atoms with van der Waals surface area (Å²) in [4.78, 5) is 0. The van der Waals surface area contributed by atoms with E-state index in [1.807, 2.05) is 24.3 Å². The van der Waals surface area contributed by atoms with Crippen LogP contribution in [0.5, 0.6) is 0 Å². The summed E-state index contributed by atoms with van der Waals surface area (Å²) in [5.41, 5.74) is 1.75. The molecule has 0 spiro atoms. The third kappa shape index (κ3) is 3.23. The van der Waals surface area contributed by atoms with Crippen LogP contribution < -0.4 is 5.32 Å². The minimum atomic E-state index is 0.537. The SMILES string of the molecule is CC1CCCC(Nc2ccccc2C#N)CC1. The lowest BCUT2D eigenvalue weighted by Gasteiger charge is -2.18. The fraction of sp³-hybridized carbons (Fsp3) is 0.533. The number of benzene rings is 1. The van der Waals surface area contributed by atoms with Crippen molar-refractivity contribution in [3.63, 3.8) is 0 Å². The minimum absolute atomic E-state index is 0.537. The number of hydrogen-bond acceptors (Lipinski definition) is 2. The van der Waals surface area contributed by atoms with Gasteiger partial charge in [0.15, 0.2) is 0 Å². The zero-order chi connectivity index (χ0) is 12.1. The van der Waals surface area contributed by atoms with Gasteiger partial charge in [0.25, 0.3) is 0 Å². The topological polar surface area (TPSA) is 35.8 Å². The molecule has 1 aromatic rings. The molecule has 2 atom stereocenters. The van der Waals surface area contributed by atoms with Crippen LogP contribution in [0.1, 0.15) is 44.6 Å². The zero-order valence-corrected chi connectivity index (χ0v) is 10.4. The minimum Gasteiger partial charge on any atom is -0.381 e. The quantitative estimate of drug-likeness (QED) is 0.778. The van der Waals surface area contributed by atoms with Crippen molar-refractivity contribution in [1.29, 1.82) is 5.26 Å². The van der Waals surface area contributed by atoms with Crippen LogP contribution in [-0.4, -0.2) is 6.04 Å². The van der Waals surface area contributed by atoms with Crippen LogP contribution in [0.2, 0.25) is 0 Å². The second-order valence-corrected chi connectivity index (χ2v) is 5.11. The first-order valence-corrected chi connectivity index (χ1v) is 6.55. The molecule has 2 heteroatoms. The third-order valence-electron chi connectivity index (χ3n) is 3.66. The summed E-state index contributed by atoms with van der Waals surface area (Å²) in [7, 11) is 0. The van der Waals surface area contributed by atoms with E-state index in [9.17, 15) is 0 Å². The van der Waals surface area contributed by atoms with Crippen molar-refractivity contribution in [2.75, 3.05) is 5.32 Å². The Labute approximate surface area is 104 Å². The predicted octanol–water partition coefficient (Wildman–Crippen LogP) is 3.94. The van der Waals surface area contributed by atoms with Crippen molar-refractivity contribution in [2.24, 2.45) is 5.92 Å². The third-order valence-corrected chi connectivity index (χ3v) is 3.66. The van der Waals surface area contributed by atoms with Gasteiger partial charge < -0.3 is 5.32 Å². The molecule has 0 aromatic heterocycles. The highest BCUT2D eigenvalue weighted by Crippen LogP contribution is 2.25. The summed E-state index contributed by atoms with van der Waals surface area (Å²) >= 11 is 0. The molecule has 1 saturated carbocycles. The Hall–Kier alpha value is -1.49. The molecule has 1 aromatic carbocycles. The standard InChI is InChI=1S/C15H20N2/c1-12-5-4-7-14(10-9-12)17-15-8-3-2-6-13(15)11-16/h2-3,6,8,12,14,17H,4-5,7,9-10H2,1H3. The van der Waals surface area contributed by atoms with Crippen LogP contribution in [0.15, 0.2) is 24.3 Å². The van der Waals surface area contributed by atoms with Crippen LogP contribution in [0.25, 0.3) is 0 Å². The van der Waals surface area contributed by atoms with Gasteiger partial charge in [0.05, 0.1) is 11.3 Å². The highest BCUT2D eigenvalue weighted by molar-refractivity contribution is 5.57.